The van der Waals surface area contributed by atoms with Crippen LogP contribution in [-0.2, 0) is 16.0 Å². The van der Waals surface area contributed by atoms with Crippen LogP contribution in [0.5, 0.6) is 0 Å². The highest BCUT2D eigenvalue weighted by molar-refractivity contribution is 6.36. The quantitative estimate of drug-likeness (QED) is 0.504. The van der Waals surface area contributed by atoms with Gasteiger partial charge in [0.2, 0.25) is 5.00 Å². The molecule has 0 saturated heterocycles. The van der Waals surface area contributed by atoms with E-state index in [0.29, 0.717) is 18.1 Å². The van der Waals surface area contributed by atoms with Crippen molar-refractivity contribution in [3.8, 4) is 0 Å². The summed E-state index contributed by atoms with van der Waals surface area (Å²) in [5.41, 5.74) is 1.75. The zero-order valence-electron chi connectivity index (χ0n) is 8.72. The van der Waals surface area contributed by atoms with Crippen molar-refractivity contribution in [3.63, 3.8) is 0 Å². The Morgan fingerprint density at radius 1 is 1.62 bits per heavy atom. The molecule has 0 bridgehead atoms. The maximum Gasteiger partial charge on any atom is 0.347 e. The third kappa shape index (κ3) is 1.97. The predicted molar refractivity (Wildman–Crippen MR) is 64.0 cm³/mol. The summed E-state index contributed by atoms with van der Waals surface area (Å²) < 4.78 is 4.92. The molecule has 86 valence electrons. The molecule has 1 aliphatic heterocycles. The molecule has 2 rings (SSSR count). The Hall–Kier alpha value is -0.930. The van der Waals surface area contributed by atoms with Crippen molar-refractivity contribution < 1.29 is 9.53 Å². The lowest BCUT2D eigenvalue weighted by Gasteiger charge is -2.19. The van der Waals surface area contributed by atoms with E-state index in [-0.39, 0.29) is 0 Å². The molecule has 1 heterocycles. The van der Waals surface area contributed by atoms with Gasteiger partial charge >= 0.3 is 5.97 Å². The Balaban J connectivity index is 2.24. The molecule has 0 amide bonds. The van der Waals surface area contributed by atoms with E-state index in [0.717, 1.165) is 11.3 Å². The van der Waals surface area contributed by atoms with E-state index in [1.165, 1.54) is 0 Å². The van der Waals surface area contributed by atoms with Crippen LogP contribution in [0.15, 0.2) is 18.2 Å². The summed E-state index contributed by atoms with van der Waals surface area (Å²) in [7, 11) is 0. The fraction of sp³-hybridized carbons (Fsp3) is 0.364. The lowest BCUT2D eigenvalue weighted by atomic mass is 10.1. The van der Waals surface area contributed by atoms with Gasteiger partial charge in [-0.25, -0.2) is 4.79 Å². The van der Waals surface area contributed by atoms with Crippen LogP contribution < -0.4 is 5.32 Å². The first-order chi connectivity index (χ1) is 7.55. The number of anilines is 1. The molecule has 0 fully saturated rings. The number of nitrogens with one attached hydrogen (secondary N) is 1. The topological polar surface area (TPSA) is 38.3 Å². The molecule has 0 aromatic heterocycles. The van der Waals surface area contributed by atoms with E-state index < -0.39 is 11.0 Å². The normalized spacial score (nSPS) is 22.4. The van der Waals surface area contributed by atoms with E-state index in [2.05, 4.69) is 5.32 Å². The zero-order chi connectivity index (χ0) is 11.8. The fourth-order valence-corrected chi connectivity index (χ4v) is 2.18. The first kappa shape index (κ1) is 11.6. The summed E-state index contributed by atoms with van der Waals surface area (Å²) in [5, 5.41) is 3.55. The summed E-state index contributed by atoms with van der Waals surface area (Å²) in [6.45, 7) is 2.06. The lowest BCUT2D eigenvalue weighted by molar-refractivity contribution is -0.145. The van der Waals surface area contributed by atoms with Gasteiger partial charge in [0.15, 0.2) is 0 Å². The minimum absolute atomic E-state index is 0.312. The van der Waals surface area contributed by atoms with Crippen LogP contribution in [0, 0.1) is 0 Å². The number of alkyl halides is 1. The Bertz CT molecular complexity index is 436. The SMILES string of the molecule is CCOC(=O)C1(Cl)Cc2ccc(Cl)cc2N1. The Morgan fingerprint density at radius 3 is 3.06 bits per heavy atom. The van der Waals surface area contributed by atoms with Crippen molar-refractivity contribution in [2.75, 3.05) is 11.9 Å². The van der Waals surface area contributed by atoms with Gasteiger partial charge in [0.1, 0.15) is 0 Å². The third-order valence-electron chi connectivity index (χ3n) is 2.44. The number of carbonyl (C=O) groups excluding carboxylic acids is 1. The summed E-state index contributed by atoms with van der Waals surface area (Å²) in [6, 6.07) is 5.38. The van der Waals surface area contributed by atoms with Crippen molar-refractivity contribution >= 4 is 34.9 Å². The van der Waals surface area contributed by atoms with E-state index in [1.54, 1.807) is 19.1 Å². The fourth-order valence-electron chi connectivity index (χ4n) is 1.71. The highest BCUT2D eigenvalue weighted by Gasteiger charge is 2.43. The number of rotatable bonds is 2. The summed E-state index contributed by atoms with van der Waals surface area (Å²) in [6.07, 6.45) is 0.403. The first-order valence-corrected chi connectivity index (χ1v) is 5.73. The van der Waals surface area contributed by atoms with Gasteiger partial charge in [-0.3, -0.25) is 0 Å². The summed E-state index contributed by atoms with van der Waals surface area (Å²) in [5.74, 6) is -0.455. The zero-order valence-corrected chi connectivity index (χ0v) is 10.2. The van der Waals surface area contributed by atoms with Crippen LogP contribution in [0.2, 0.25) is 5.02 Å². The minimum Gasteiger partial charge on any atom is -0.463 e. The Morgan fingerprint density at radius 2 is 2.38 bits per heavy atom. The van der Waals surface area contributed by atoms with Crippen molar-refractivity contribution in [2.45, 2.75) is 18.3 Å². The van der Waals surface area contributed by atoms with Crippen molar-refractivity contribution in [1.29, 1.82) is 0 Å². The Kier molecular flexibility index (Phi) is 3.00. The lowest BCUT2D eigenvalue weighted by Crippen LogP contribution is -2.40. The molecule has 1 aliphatic rings. The number of esters is 1. The van der Waals surface area contributed by atoms with Gasteiger partial charge in [-0.05, 0) is 24.6 Å². The van der Waals surface area contributed by atoms with Crippen LogP contribution in [-0.4, -0.2) is 17.6 Å². The van der Waals surface area contributed by atoms with Gasteiger partial charge in [0.25, 0.3) is 0 Å². The number of fused-ring (bicyclic) bond motifs is 1. The third-order valence-corrected chi connectivity index (χ3v) is 3.06. The second-order valence-corrected chi connectivity index (χ2v) is 4.71. The summed E-state index contributed by atoms with van der Waals surface area (Å²) in [4.78, 5) is 10.5. The molecule has 1 atom stereocenters. The molecule has 16 heavy (non-hydrogen) atoms. The number of hydrogen-bond donors (Lipinski definition) is 1. The smallest absolute Gasteiger partial charge is 0.347 e. The van der Waals surface area contributed by atoms with Crippen LogP contribution in [0.3, 0.4) is 0 Å². The van der Waals surface area contributed by atoms with E-state index in [4.69, 9.17) is 27.9 Å². The van der Waals surface area contributed by atoms with Crippen molar-refractivity contribution in [2.24, 2.45) is 0 Å². The molecule has 0 saturated carbocycles. The number of benzene rings is 1. The average molecular weight is 260 g/mol. The first-order valence-electron chi connectivity index (χ1n) is 4.98. The second-order valence-electron chi connectivity index (χ2n) is 3.62. The van der Waals surface area contributed by atoms with Gasteiger partial charge in [0.05, 0.1) is 6.61 Å². The van der Waals surface area contributed by atoms with Crippen LogP contribution >= 0.6 is 23.2 Å². The largest absolute Gasteiger partial charge is 0.463 e. The summed E-state index contributed by atoms with van der Waals surface area (Å²) >= 11 is 12.0. The average Bonchev–Trinajstić information content (AvgIpc) is 2.55. The number of ether oxygens (including phenoxy) is 1. The molecule has 1 aromatic rings. The van der Waals surface area contributed by atoms with Gasteiger partial charge in [-0.1, -0.05) is 29.3 Å². The number of carbonyl (C=O) groups is 1. The van der Waals surface area contributed by atoms with Gasteiger partial charge < -0.3 is 10.1 Å². The molecule has 0 aliphatic carbocycles. The number of hydrogen-bond acceptors (Lipinski definition) is 3. The second kappa shape index (κ2) is 4.15. The molecular formula is C11H11Cl2NO2. The highest BCUT2D eigenvalue weighted by Crippen LogP contribution is 2.37. The van der Waals surface area contributed by atoms with Crippen molar-refractivity contribution in [1.82, 2.24) is 0 Å². The number of halogens is 2. The monoisotopic (exact) mass is 259 g/mol. The van der Waals surface area contributed by atoms with Crippen LogP contribution in [0.1, 0.15) is 12.5 Å². The van der Waals surface area contributed by atoms with Crippen LogP contribution in [0.4, 0.5) is 5.69 Å². The van der Waals surface area contributed by atoms with E-state index >= 15 is 0 Å². The van der Waals surface area contributed by atoms with E-state index in [1.807, 2.05) is 6.07 Å². The standard InChI is InChI=1S/C11H11Cl2NO2/c1-2-16-10(15)11(13)6-7-3-4-8(12)5-9(7)14-11/h3-5,14H,2,6H2,1H3. The molecule has 1 unspecified atom stereocenters. The molecule has 3 nitrogen and oxygen atoms in total. The molecular weight excluding hydrogens is 249 g/mol. The van der Waals surface area contributed by atoms with E-state index in [9.17, 15) is 4.79 Å². The van der Waals surface area contributed by atoms with Gasteiger partial charge in [-0.15, -0.1) is 0 Å². The molecule has 0 radical (unpaired) electrons. The highest BCUT2D eigenvalue weighted by atomic mass is 35.5. The predicted octanol–water partition coefficient (Wildman–Crippen LogP) is 2.81. The molecule has 5 heteroatoms. The van der Waals surface area contributed by atoms with Crippen LogP contribution in [0.25, 0.3) is 0 Å². The molecule has 1 aromatic carbocycles. The maximum absolute atomic E-state index is 11.7. The van der Waals surface area contributed by atoms with Crippen molar-refractivity contribution in [3.05, 3.63) is 28.8 Å². The Labute approximate surface area is 104 Å². The van der Waals surface area contributed by atoms with Gasteiger partial charge in [0, 0.05) is 17.1 Å². The maximum atomic E-state index is 11.7. The minimum atomic E-state index is -1.19. The van der Waals surface area contributed by atoms with Gasteiger partial charge in [-0.2, -0.15) is 0 Å². The molecule has 1 N–H and O–H groups in total. The molecule has 0 spiro atoms.